The summed E-state index contributed by atoms with van der Waals surface area (Å²) in [7, 11) is 0. The van der Waals surface area contributed by atoms with E-state index in [-0.39, 0.29) is 11.8 Å². The van der Waals surface area contributed by atoms with Crippen LogP contribution in [0.2, 0.25) is 0 Å². The lowest BCUT2D eigenvalue weighted by Gasteiger charge is -2.25. The van der Waals surface area contributed by atoms with E-state index in [1.54, 1.807) is 0 Å². The van der Waals surface area contributed by atoms with Gasteiger partial charge in [-0.05, 0) is 61.3 Å². The van der Waals surface area contributed by atoms with Crippen LogP contribution in [0.3, 0.4) is 0 Å². The van der Waals surface area contributed by atoms with Crippen LogP contribution in [0.5, 0.6) is 0 Å². The molecule has 4 rings (SSSR count). The standard InChI is InChI=1S/C28H38N4O/c1-21(2)28(33)32-15-5-3-4-9-25-11-10-22-12-13-29-20-26(27(18-22)31-25)24-8-6-7-23(17-24)19-30-14-16-32/h6-8,10-11,17,20-22,30H,3-5,9,12-16,18-19H2,1-2H3. The number of amides is 1. The topological polar surface area (TPSA) is 57.1 Å². The Hall–Kier alpha value is -2.53. The molecule has 3 heterocycles. The largest absolute Gasteiger partial charge is 0.341 e. The number of nitrogens with one attached hydrogen (secondary N) is 1. The molecule has 0 fully saturated rings. The minimum Gasteiger partial charge on any atom is -0.341 e. The van der Waals surface area contributed by atoms with Gasteiger partial charge in [0.25, 0.3) is 0 Å². The molecule has 0 aromatic heterocycles. The Kier molecular flexibility index (Phi) is 8.27. The maximum Gasteiger partial charge on any atom is 0.225 e. The Bertz CT molecular complexity index is 956. The van der Waals surface area contributed by atoms with E-state index in [4.69, 9.17) is 9.98 Å². The van der Waals surface area contributed by atoms with Gasteiger partial charge in [-0.3, -0.25) is 14.8 Å². The third kappa shape index (κ3) is 6.50. The van der Waals surface area contributed by atoms with Crippen molar-refractivity contribution < 1.29 is 4.79 Å². The number of hydrogen-bond donors (Lipinski definition) is 1. The first kappa shape index (κ1) is 23.6. The minimum absolute atomic E-state index is 0.0392. The zero-order chi connectivity index (χ0) is 23.0. The van der Waals surface area contributed by atoms with E-state index in [2.05, 4.69) is 41.7 Å². The molecule has 1 aromatic rings. The molecule has 3 aliphatic rings. The predicted octanol–water partition coefficient (Wildman–Crippen LogP) is 5.04. The van der Waals surface area contributed by atoms with Gasteiger partial charge >= 0.3 is 0 Å². The van der Waals surface area contributed by atoms with Crippen molar-refractivity contribution >= 4 is 23.4 Å². The molecule has 0 radical (unpaired) electrons. The quantitative estimate of drug-likeness (QED) is 0.657. The molecule has 5 bridgehead atoms. The van der Waals surface area contributed by atoms with Gasteiger partial charge in [-0.1, -0.05) is 44.5 Å². The Balaban J connectivity index is 1.63. The fourth-order valence-corrected chi connectivity index (χ4v) is 4.82. The molecule has 1 amide bonds. The van der Waals surface area contributed by atoms with Gasteiger partial charge in [0.2, 0.25) is 5.91 Å². The Labute approximate surface area is 198 Å². The molecular weight excluding hydrogens is 408 g/mol. The maximum atomic E-state index is 12.7. The number of allylic oxidation sites excluding steroid dienone is 4. The van der Waals surface area contributed by atoms with E-state index in [1.165, 1.54) is 28.1 Å². The SMILES string of the molecule is CC(C)C(=O)N1CCCCCC2=NC3=C(C=NCCC(C=C2)C3)c2cccc(c2)CNCC1. The molecule has 1 aromatic carbocycles. The molecule has 1 unspecified atom stereocenters. The molecule has 0 spiro atoms. The van der Waals surface area contributed by atoms with Crippen molar-refractivity contribution in [3.05, 3.63) is 53.2 Å². The van der Waals surface area contributed by atoms with Crippen LogP contribution in [0.25, 0.3) is 5.57 Å². The minimum atomic E-state index is 0.0392. The summed E-state index contributed by atoms with van der Waals surface area (Å²) in [6.45, 7) is 8.05. The second kappa shape index (κ2) is 11.6. The first-order valence-corrected chi connectivity index (χ1v) is 12.7. The van der Waals surface area contributed by atoms with Gasteiger partial charge in [0.05, 0.1) is 5.70 Å². The highest BCUT2D eigenvalue weighted by Crippen LogP contribution is 2.30. The van der Waals surface area contributed by atoms with Crippen molar-refractivity contribution in [2.24, 2.45) is 21.8 Å². The van der Waals surface area contributed by atoms with Crippen LogP contribution < -0.4 is 5.32 Å². The molecule has 0 saturated heterocycles. The number of carbonyl (C=O) groups is 1. The highest BCUT2D eigenvalue weighted by Gasteiger charge is 2.19. The first-order valence-electron chi connectivity index (χ1n) is 12.7. The zero-order valence-electron chi connectivity index (χ0n) is 20.2. The Morgan fingerprint density at radius 2 is 2.09 bits per heavy atom. The van der Waals surface area contributed by atoms with Crippen molar-refractivity contribution in [1.82, 2.24) is 10.2 Å². The number of carbonyl (C=O) groups excluding carboxylic acids is 1. The van der Waals surface area contributed by atoms with Gasteiger partial charge in [-0.25, -0.2) is 0 Å². The fraction of sp³-hybridized carbons (Fsp3) is 0.536. The average Bonchev–Trinajstić information content (AvgIpc) is 3.01. The molecule has 176 valence electrons. The van der Waals surface area contributed by atoms with Crippen molar-refractivity contribution in [3.63, 3.8) is 0 Å². The highest BCUT2D eigenvalue weighted by molar-refractivity contribution is 6.12. The second-order valence-corrected chi connectivity index (χ2v) is 9.78. The monoisotopic (exact) mass is 446 g/mol. The summed E-state index contributed by atoms with van der Waals surface area (Å²) in [5.74, 6) is 0.795. The lowest BCUT2D eigenvalue weighted by Crippen LogP contribution is -2.39. The van der Waals surface area contributed by atoms with Crippen molar-refractivity contribution in [1.29, 1.82) is 0 Å². The van der Waals surface area contributed by atoms with E-state index in [0.717, 1.165) is 71.2 Å². The van der Waals surface area contributed by atoms with E-state index in [9.17, 15) is 4.79 Å². The maximum absolute atomic E-state index is 12.7. The summed E-state index contributed by atoms with van der Waals surface area (Å²) in [6.07, 6.45) is 13.0. The number of hydrogen-bond acceptors (Lipinski definition) is 4. The van der Waals surface area contributed by atoms with Gasteiger partial charge in [0.15, 0.2) is 0 Å². The van der Waals surface area contributed by atoms with Crippen LogP contribution in [0.4, 0.5) is 0 Å². The predicted molar refractivity (Wildman–Crippen MR) is 138 cm³/mol. The molecule has 0 aliphatic carbocycles. The number of benzene rings is 1. The summed E-state index contributed by atoms with van der Waals surface area (Å²) in [4.78, 5) is 24.6. The van der Waals surface area contributed by atoms with Gasteiger partial charge < -0.3 is 10.2 Å². The first-order chi connectivity index (χ1) is 16.1. The number of aliphatic imine (C=N–C) groups is 2. The van der Waals surface area contributed by atoms with Crippen LogP contribution >= 0.6 is 0 Å². The van der Waals surface area contributed by atoms with Gasteiger partial charge in [-0.2, -0.15) is 0 Å². The summed E-state index contributed by atoms with van der Waals surface area (Å²) in [6, 6.07) is 8.74. The molecule has 3 aliphatic heterocycles. The summed E-state index contributed by atoms with van der Waals surface area (Å²) in [5.41, 5.74) is 5.96. The van der Waals surface area contributed by atoms with E-state index in [1.807, 2.05) is 25.0 Å². The molecule has 5 heteroatoms. The second-order valence-electron chi connectivity index (χ2n) is 9.78. The number of fused-ring (bicyclic) bond motifs is 4. The fourth-order valence-electron chi connectivity index (χ4n) is 4.82. The van der Waals surface area contributed by atoms with Gasteiger partial charge in [-0.15, -0.1) is 0 Å². The third-order valence-corrected chi connectivity index (χ3v) is 6.75. The normalized spacial score (nSPS) is 22.5. The summed E-state index contributed by atoms with van der Waals surface area (Å²) >= 11 is 0. The molecule has 5 nitrogen and oxygen atoms in total. The van der Waals surface area contributed by atoms with Crippen LogP contribution in [0, 0.1) is 11.8 Å². The van der Waals surface area contributed by atoms with E-state index >= 15 is 0 Å². The molecule has 1 atom stereocenters. The van der Waals surface area contributed by atoms with Crippen molar-refractivity contribution in [3.8, 4) is 0 Å². The molecular formula is C28H38N4O. The summed E-state index contributed by atoms with van der Waals surface area (Å²) in [5, 5.41) is 3.55. The smallest absolute Gasteiger partial charge is 0.225 e. The Morgan fingerprint density at radius 3 is 2.97 bits per heavy atom. The highest BCUT2D eigenvalue weighted by atomic mass is 16.2. The Morgan fingerprint density at radius 1 is 1.18 bits per heavy atom. The zero-order valence-corrected chi connectivity index (χ0v) is 20.2. The van der Waals surface area contributed by atoms with Gasteiger partial charge in [0.1, 0.15) is 0 Å². The van der Waals surface area contributed by atoms with Crippen LogP contribution in [-0.4, -0.2) is 48.9 Å². The van der Waals surface area contributed by atoms with Crippen LogP contribution in [0.1, 0.15) is 63.5 Å². The number of nitrogens with zero attached hydrogens (tertiary/aromatic N) is 3. The molecule has 1 N–H and O–H groups in total. The van der Waals surface area contributed by atoms with Crippen molar-refractivity contribution in [2.45, 2.75) is 58.9 Å². The summed E-state index contributed by atoms with van der Waals surface area (Å²) < 4.78 is 0. The lowest BCUT2D eigenvalue weighted by atomic mass is 9.93. The molecule has 0 saturated carbocycles. The van der Waals surface area contributed by atoms with Gasteiger partial charge in [0, 0.05) is 56.1 Å². The third-order valence-electron chi connectivity index (χ3n) is 6.75. The van der Waals surface area contributed by atoms with Crippen LogP contribution in [-0.2, 0) is 11.3 Å². The van der Waals surface area contributed by atoms with Crippen molar-refractivity contribution in [2.75, 3.05) is 26.2 Å². The average molecular weight is 447 g/mol. The lowest BCUT2D eigenvalue weighted by molar-refractivity contribution is -0.134. The molecule has 33 heavy (non-hydrogen) atoms. The van der Waals surface area contributed by atoms with E-state index in [0.29, 0.717) is 5.92 Å². The van der Waals surface area contributed by atoms with E-state index < -0.39 is 0 Å². The van der Waals surface area contributed by atoms with Crippen LogP contribution in [0.15, 0.2) is 52.1 Å². The number of rotatable bonds is 1.